The van der Waals surface area contributed by atoms with Crippen molar-refractivity contribution in [3.8, 4) is 5.75 Å². The summed E-state index contributed by atoms with van der Waals surface area (Å²) in [5, 5.41) is 0. The van der Waals surface area contributed by atoms with E-state index in [-0.39, 0.29) is 6.04 Å². The third-order valence-corrected chi connectivity index (χ3v) is 2.99. The Morgan fingerprint density at radius 2 is 2.13 bits per heavy atom. The van der Waals surface area contributed by atoms with Crippen LogP contribution in [0.2, 0.25) is 0 Å². The first-order chi connectivity index (χ1) is 7.16. The molecule has 1 saturated carbocycles. The molecule has 1 aromatic rings. The number of nitrogens with two attached hydrogens (primary N) is 1. The highest BCUT2D eigenvalue weighted by Crippen LogP contribution is 2.32. The molecular weight excluding hydrogens is 186 g/mol. The van der Waals surface area contributed by atoms with E-state index in [0.717, 1.165) is 5.75 Å². The average molecular weight is 205 g/mol. The van der Waals surface area contributed by atoms with E-state index >= 15 is 0 Å². The molecule has 2 N–H and O–H groups in total. The monoisotopic (exact) mass is 205 g/mol. The van der Waals surface area contributed by atoms with Gasteiger partial charge in [-0.05, 0) is 44.2 Å². The Hall–Kier alpha value is -1.02. The third-order valence-electron chi connectivity index (χ3n) is 2.99. The Morgan fingerprint density at radius 3 is 2.73 bits per heavy atom. The first kappa shape index (κ1) is 10.5. The number of ether oxygens (including phenoxy) is 1. The minimum absolute atomic E-state index is 0.214. The topological polar surface area (TPSA) is 35.2 Å². The van der Waals surface area contributed by atoms with E-state index in [0.29, 0.717) is 12.5 Å². The molecule has 0 heterocycles. The summed E-state index contributed by atoms with van der Waals surface area (Å²) in [6.45, 7) is 4.81. The van der Waals surface area contributed by atoms with Crippen LogP contribution in [0.4, 0.5) is 0 Å². The fourth-order valence-electron chi connectivity index (χ4n) is 1.81. The highest BCUT2D eigenvalue weighted by Gasteiger charge is 2.28. The second-order valence-corrected chi connectivity index (χ2v) is 4.58. The molecule has 1 fully saturated rings. The van der Waals surface area contributed by atoms with Crippen molar-refractivity contribution in [3.63, 3.8) is 0 Å². The molecule has 15 heavy (non-hydrogen) atoms. The lowest BCUT2D eigenvalue weighted by Gasteiger charge is -2.14. The van der Waals surface area contributed by atoms with Crippen LogP contribution < -0.4 is 10.5 Å². The van der Waals surface area contributed by atoms with Gasteiger partial charge in [-0.15, -0.1) is 0 Å². The van der Waals surface area contributed by atoms with Crippen LogP contribution in [-0.2, 0) is 0 Å². The van der Waals surface area contributed by atoms with Crippen LogP contribution in [0.5, 0.6) is 5.75 Å². The maximum Gasteiger partial charge on any atom is 0.122 e. The van der Waals surface area contributed by atoms with Crippen molar-refractivity contribution in [2.45, 2.75) is 32.7 Å². The molecule has 0 radical (unpaired) electrons. The van der Waals surface area contributed by atoms with Crippen LogP contribution >= 0.6 is 0 Å². The van der Waals surface area contributed by atoms with Gasteiger partial charge in [-0.1, -0.05) is 17.7 Å². The zero-order valence-electron chi connectivity index (χ0n) is 9.49. The molecule has 1 aromatic carbocycles. The molecule has 1 aliphatic rings. The first-order valence-corrected chi connectivity index (χ1v) is 5.62. The van der Waals surface area contributed by atoms with Crippen molar-refractivity contribution in [3.05, 3.63) is 29.3 Å². The van der Waals surface area contributed by atoms with E-state index in [1.807, 2.05) is 6.07 Å². The van der Waals surface area contributed by atoms with Crippen LogP contribution in [0, 0.1) is 19.8 Å². The summed E-state index contributed by atoms with van der Waals surface area (Å²) in [7, 11) is 0. The number of benzene rings is 1. The highest BCUT2D eigenvalue weighted by atomic mass is 16.5. The Balaban J connectivity index is 1.92. The fraction of sp³-hybridized carbons (Fsp3) is 0.538. The Labute approximate surface area is 91.4 Å². The molecule has 0 amide bonds. The van der Waals surface area contributed by atoms with Gasteiger partial charge >= 0.3 is 0 Å². The van der Waals surface area contributed by atoms with E-state index in [1.165, 1.54) is 24.0 Å². The van der Waals surface area contributed by atoms with Gasteiger partial charge in [0.15, 0.2) is 0 Å². The molecule has 2 rings (SSSR count). The smallest absolute Gasteiger partial charge is 0.122 e. The first-order valence-electron chi connectivity index (χ1n) is 5.62. The molecule has 0 aliphatic heterocycles. The Bertz CT molecular complexity index is 344. The van der Waals surface area contributed by atoms with Gasteiger partial charge in [-0.3, -0.25) is 0 Å². The number of aryl methyl sites for hydroxylation is 2. The quantitative estimate of drug-likeness (QED) is 0.819. The molecule has 0 spiro atoms. The van der Waals surface area contributed by atoms with Gasteiger partial charge < -0.3 is 10.5 Å². The van der Waals surface area contributed by atoms with Gasteiger partial charge in [0, 0.05) is 6.04 Å². The van der Waals surface area contributed by atoms with Crippen molar-refractivity contribution in [2.24, 2.45) is 11.7 Å². The number of hydrogen-bond acceptors (Lipinski definition) is 2. The molecule has 2 nitrogen and oxygen atoms in total. The van der Waals surface area contributed by atoms with E-state index in [9.17, 15) is 0 Å². The molecule has 2 heteroatoms. The van der Waals surface area contributed by atoms with Crippen molar-refractivity contribution >= 4 is 0 Å². The molecular formula is C13H19NO. The molecule has 0 bridgehead atoms. The number of hydrogen-bond donors (Lipinski definition) is 1. The predicted molar refractivity (Wildman–Crippen MR) is 62.1 cm³/mol. The maximum absolute atomic E-state index is 5.98. The minimum atomic E-state index is 0.214. The van der Waals surface area contributed by atoms with Crippen LogP contribution in [0.25, 0.3) is 0 Å². The van der Waals surface area contributed by atoms with Gasteiger partial charge in [0.05, 0.1) is 0 Å². The zero-order valence-corrected chi connectivity index (χ0v) is 9.49. The summed E-state index contributed by atoms with van der Waals surface area (Å²) in [6, 6.07) is 6.46. The summed E-state index contributed by atoms with van der Waals surface area (Å²) in [5.74, 6) is 1.67. The van der Waals surface area contributed by atoms with Crippen LogP contribution in [0.1, 0.15) is 24.0 Å². The average Bonchev–Trinajstić information content (AvgIpc) is 2.99. The summed E-state index contributed by atoms with van der Waals surface area (Å²) in [6.07, 6.45) is 2.55. The molecule has 1 atom stereocenters. The van der Waals surface area contributed by atoms with Gasteiger partial charge in [0.25, 0.3) is 0 Å². The summed E-state index contributed by atoms with van der Waals surface area (Å²) in [5.41, 5.74) is 8.44. The lowest BCUT2D eigenvalue weighted by atomic mass is 10.1. The molecule has 0 saturated heterocycles. The summed E-state index contributed by atoms with van der Waals surface area (Å²) < 4.78 is 5.73. The fourth-order valence-corrected chi connectivity index (χ4v) is 1.81. The van der Waals surface area contributed by atoms with E-state index in [1.54, 1.807) is 0 Å². The summed E-state index contributed by atoms with van der Waals surface area (Å²) >= 11 is 0. The zero-order chi connectivity index (χ0) is 10.8. The van der Waals surface area contributed by atoms with Crippen LogP contribution in [0.3, 0.4) is 0 Å². The van der Waals surface area contributed by atoms with Crippen LogP contribution in [0.15, 0.2) is 18.2 Å². The van der Waals surface area contributed by atoms with E-state index in [4.69, 9.17) is 10.5 Å². The van der Waals surface area contributed by atoms with Gasteiger partial charge in [0.2, 0.25) is 0 Å². The second kappa shape index (κ2) is 4.23. The van der Waals surface area contributed by atoms with Crippen molar-refractivity contribution in [1.82, 2.24) is 0 Å². The van der Waals surface area contributed by atoms with Crippen molar-refractivity contribution in [1.29, 1.82) is 0 Å². The number of rotatable bonds is 4. The minimum Gasteiger partial charge on any atom is -0.492 e. The standard InChI is InChI=1S/C13H19NO/c1-9-3-6-13(10(2)7-9)15-8-12(14)11-4-5-11/h3,6-7,11-12H,4-5,8,14H2,1-2H3/t12-/m1/s1. The SMILES string of the molecule is Cc1ccc(OC[C@@H](N)C2CC2)c(C)c1. The maximum atomic E-state index is 5.98. The highest BCUT2D eigenvalue weighted by molar-refractivity contribution is 5.35. The van der Waals surface area contributed by atoms with Gasteiger partial charge in [0.1, 0.15) is 12.4 Å². The van der Waals surface area contributed by atoms with Crippen LogP contribution in [-0.4, -0.2) is 12.6 Å². The predicted octanol–water partition coefficient (Wildman–Crippen LogP) is 2.42. The lowest BCUT2D eigenvalue weighted by Crippen LogP contribution is -2.30. The molecule has 0 aromatic heterocycles. The molecule has 82 valence electrons. The normalized spacial score (nSPS) is 17.5. The van der Waals surface area contributed by atoms with Gasteiger partial charge in [-0.25, -0.2) is 0 Å². The van der Waals surface area contributed by atoms with Gasteiger partial charge in [-0.2, -0.15) is 0 Å². The van der Waals surface area contributed by atoms with Crippen molar-refractivity contribution < 1.29 is 4.74 Å². The van der Waals surface area contributed by atoms with E-state index < -0.39 is 0 Å². The third kappa shape index (κ3) is 2.72. The second-order valence-electron chi connectivity index (χ2n) is 4.58. The van der Waals surface area contributed by atoms with Crippen molar-refractivity contribution in [2.75, 3.05) is 6.61 Å². The summed E-state index contributed by atoms with van der Waals surface area (Å²) in [4.78, 5) is 0. The largest absolute Gasteiger partial charge is 0.492 e. The Morgan fingerprint density at radius 1 is 1.40 bits per heavy atom. The Kier molecular flexibility index (Phi) is 2.96. The molecule has 0 unspecified atom stereocenters. The lowest BCUT2D eigenvalue weighted by molar-refractivity contribution is 0.274. The van der Waals surface area contributed by atoms with E-state index in [2.05, 4.69) is 26.0 Å². The molecule has 1 aliphatic carbocycles.